The number of nitrogens with two attached hydrogens (primary N) is 1. The van der Waals surface area contributed by atoms with E-state index >= 15 is 0 Å². The first-order valence-corrected chi connectivity index (χ1v) is 11.3. The van der Waals surface area contributed by atoms with Crippen LogP contribution in [0.5, 0.6) is 0 Å². The number of fused-ring (bicyclic) bond motifs is 2. The van der Waals surface area contributed by atoms with Crippen LogP contribution in [0, 0.1) is 6.92 Å². The summed E-state index contributed by atoms with van der Waals surface area (Å²) >= 11 is 0. The predicted molar refractivity (Wildman–Crippen MR) is 130 cm³/mol. The quantitative estimate of drug-likeness (QED) is 0.350. The predicted octanol–water partition coefficient (Wildman–Crippen LogP) is 3.18. The van der Waals surface area contributed by atoms with Crippen LogP contribution in [-0.2, 0) is 11.3 Å². The molecule has 1 saturated heterocycles. The molecular formula is C25H25N7O2. The molecule has 0 unspecified atom stereocenters. The molecule has 172 valence electrons. The van der Waals surface area contributed by atoms with Crippen molar-refractivity contribution >= 4 is 33.5 Å². The van der Waals surface area contributed by atoms with Gasteiger partial charge in [-0.3, -0.25) is 9.69 Å². The molecule has 5 aromatic rings. The van der Waals surface area contributed by atoms with E-state index < -0.39 is 0 Å². The van der Waals surface area contributed by atoms with Crippen molar-refractivity contribution in [3.8, 4) is 5.69 Å². The molecule has 1 fully saturated rings. The summed E-state index contributed by atoms with van der Waals surface area (Å²) in [5.41, 5.74) is 11.9. The lowest BCUT2D eigenvalue weighted by molar-refractivity contribution is 0.0344. The molecule has 0 aliphatic carbocycles. The van der Waals surface area contributed by atoms with E-state index in [1.54, 1.807) is 4.68 Å². The molecule has 0 spiro atoms. The zero-order valence-electron chi connectivity index (χ0n) is 18.8. The Morgan fingerprint density at radius 2 is 1.97 bits per heavy atom. The lowest BCUT2D eigenvalue weighted by atomic mass is 10.1. The molecule has 0 atom stereocenters. The summed E-state index contributed by atoms with van der Waals surface area (Å²) in [6.45, 7) is 6.05. The fourth-order valence-electron chi connectivity index (χ4n) is 4.62. The Labute approximate surface area is 195 Å². The third kappa shape index (κ3) is 3.55. The first-order chi connectivity index (χ1) is 16.6. The number of H-pyrrole nitrogens is 2. The molecule has 2 aromatic carbocycles. The van der Waals surface area contributed by atoms with Gasteiger partial charge in [0.15, 0.2) is 0 Å². The van der Waals surface area contributed by atoms with Crippen molar-refractivity contribution < 1.29 is 9.53 Å². The number of anilines is 1. The van der Waals surface area contributed by atoms with E-state index in [0.717, 1.165) is 66.3 Å². The van der Waals surface area contributed by atoms with Crippen molar-refractivity contribution in [3.05, 3.63) is 71.3 Å². The number of carbonyl (C=O) groups is 1. The van der Waals surface area contributed by atoms with Crippen molar-refractivity contribution in [1.82, 2.24) is 29.6 Å². The zero-order chi connectivity index (χ0) is 23.2. The molecule has 1 aliphatic heterocycles. The smallest absolute Gasteiger partial charge is 0.214 e. The van der Waals surface area contributed by atoms with Gasteiger partial charge in [0.25, 0.3) is 0 Å². The normalized spacial score (nSPS) is 14.9. The Hall–Kier alpha value is -3.95. The number of benzene rings is 2. The van der Waals surface area contributed by atoms with Crippen LogP contribution in [0.3, 0.4) is 0 Å². The monoisotopic (exact) mass is 455 g/mol. The van der Waals surface area contributed by atoms with Gasteiger partial charge in [0, 0.05) is 30.5 Å². The van der Waals surface area contributed by atoms with Gasteiger partial charge in [-0.15, -0.1) is 0 Å². The van der Waals surface area contributed by atoms with Crippen molar-refractivity contribution in [2.75, 3.05) is 32.0 Å². The molecule has 4 N–H and O–H groups in total. The molecule has 0 radical (unpaired) electrons. The number of nitrogens with zero attached hydrogens (tertiary/aromatic N) is 4. The number of nitrogen functional groups attached to an aromatic ring is 1. The standard InChI is InChI=1S/C25H25N7O2/c1-15-28-21-6-5-17(11-22(21)29-15)32-25(26)19(13-27-32)24(33)23-12-18-16(3-2-4-20(18)30-23)14-31-7-9-34-10-8-31/h2-6,11-13,30H,7-10,14,26H2,1H3,(H,28,29). The lowest BCUT2D eigenvalue weighted by Gasteiger charge is -2.26. The van der Waals surface area contributed by atoms with Gasteiger partial charge in [0.05, 0.1) is 47.4 Å². The van der Waals surface area contributed by atoms with Crippen LogP contribution in [0.15, 0.2) is 48.7 Å². The number of aromatic nitrogens is 5. The highest BCUT2D eigenvalue weighted by atomic mass is 16.5. The van der Waals surface area contributed by atoms with Gasteiger partial charge < -0.3 is 20.4 Å². The third-order valence-corrected chi connectivity index (χ3v) is 6.38. The Kier molecular flexibility index (Phi) is 4.93. The maximum absolute atomic E-state index is 13.4. The van der Waals surface area contributed by atoms with E-state index in [9.17, 15) is 4.79 Å². The molecular weight excluding hydrogens is 430 g/mol. The van der Waals surface area contributed by atoms with E-state index in [2.05, 4.69) is 31.0 Å². The number of imidazole rings is 1. The van der Waals surface area contributed by atoms with Crippen LogP contribution in [0.2, 0.25) is 0 Å². The zero-order valence-corrected chi connectivity index (χ0v) is 18.8. The Morgan fingerprint density at radius 3 is 2.82 bits per heavy atom. The minimum Gasteiger partial charge on any atom is -0.383 e. The molecule has 6 rings (SSSR count). The highest BCUT2D eigenvalue weighted by Crippen LogP contribution is 2.26. The number of carbonyl (C=O) groups excluding carboxylic acids is 1. The number of ether oxygens (including phenoxy) is 1. The second kappa shape index (κ2) is 8.12. The first kappa shape index (κ1) is 20.6. The molecule has 0 amide bonds. The maximum atomic E-state index is 13.4. The van der Waals surface area contributed by atoms with Gasteiger partial charge in [-0.25, -0.2) is 9.67 Å². The van der Waals surface area contributed by atoms with Crippen LogP contribution in [0.25, 0.3) is 27.6 Å². The average Bonchev–Trinajstić information content (AvgIpc) is 3.55. The van der Waals surface area contributed by atoms with Crippen LogP contribution >= 0.6 is 0 Å². The van der Waals surface area contributed by atoms with Crippen molar-refractivity contribution in [3.63, 3.8) is 0 Å². The molecule has 0 bridgehead atoms. The number of nitrogens with one attached hydrogen (secondary N) is 2. The topological polar surface area (TPSA) is 118 Å². The van der Waals surface area contributed by atoms with Gasteiger partial charge in [-0.1, -0.05) is 12.1 Å². The second-order valence-corrected chi connectivity index (χ2v) is 8.66. The Bertz CT molecular complexity index is 1520. The molecule has 1 aliphatic rings. The SMILES string of the molecule is Cc1nc2ccc(-n3ncc(C(=O)c4cc5c(CN6CCOCC6)cccc5[nH]4)c3N)cc2[nH]1. The maximum Gasteiger partial charge on any atom is 0.214 e. The van der Waals surface area contributed by atoms with Crippen LogP contribution < -0.4 is 5.73 Å². The molecule has 9 nitrogen and oxygen atoms in total. The van der Waals surface area contributed by atoms with E-state index in [-0.39, 0.29) is 5.78 Å². The molecule has 34 heavy (non-hydrogen) atoms. The number of hydrogen-bond donors (Lipinski definition) is 3. The summed E-state index contributed by atoms with van der Waals surface area (Å²) in [4.78, 5) is 26.7. The summed E-state index contributed by atoms with van der Waals surface area (Å²) in [5, 5.41) is 5.44. The number of aryl methyl sites for hydroxylation is 1. The summed E-state index contributed by atoms with van der Waals surface area (Å²) in [5.74, 6) is 0.951. The number of ketones is 1. The molecule has 4 heterocycles. The van der Waals surface area contributed by atoms with Crippen LogP contribution in [-0.4, -0.2) is 61.7 Å². The minimum absolute atomic E-state index is 0.185. The van der Waals surface area contributed by atoms with Crippen molar-refractivity contribution in [1.29, 1.82) is 0 Å². The van der Waals surface area contributed by atoms with Crippen LogP contribution in [0.1, 0.15) is 27.4 Å². The van der Waals surface area contributed by atoms with Gasteiger partial charge in [-0.05, 0) is 42.8 Å². The fourth-order valence-corrected chi connectivity index (χ4v) is 4.62. The van der Waals surface area contributed by atoms with Crippen LogP contribution in [0.4, 0.5) is 5.82 Å². The van der Waals surface area contributed by atoms with E-state index in [1.165, 1.54) is 11.8 Å². The Morgan fingerprint density at radius 1 is 1.12 bits per heavy atom. The number of rotatable bonds is 5. The lowest BCUT2D eigenvalue weighted by Crippen LogP contribution is -2.35. The largest absolute Gasteiger partial charge is 0.383 e. The number of aromatic amines is 2. The average molecular weight is 456 g/mol. The summed E-state index contributed by atoms with van der Waals surface area (Å²) < 4.78 is 7.04. The highest BCUT2D eigenvalue weighted by molar-refractivity contribution is 6.12. The summed E-state index contributed by atoms with van der Waals surface area (Å²) in [6, 6.07) is 13.8. The first-order valence-electron chi connectivity index (χ1n) is 11.3. The Balaban J connectivity index is 1.31. The minimum atomic E-state index is -0.185. The van der Waals surface area contributed by atoms with E-state index in [1.807, 2.05) is 43.3 Å². The number of hydrogen-bond acceptors (Lipinski definition) is 6. The number of morpholine rings is 1. The molecule has 3 aromatic heterocycles. The highest BCUT2D eigenvalue weighted by Gasteiger charge is 2.21. The van der Waals surface area contributed by atoms with Crippen molar-refractivity contribution in [2.45, 2.75) is 13.5 Å². The van der Waals surface area contributed by atoms with E-state index in [0.29, 0.717) is 17.1 Å². The third-order valence-electron chi connectivity index (χ3n) is 6.38. The van der Waals surface area contributed by atoms with E-state index in [4.69, 9.17) is 10.5 Å². The van der Waals surface area contributed by atoms with Gasteiger partial charge in [0.1, 0.15) is 11.6 Å². The van der Waals surface area contributed by atoms with Crippen molar-refractivity contribution in [2.24, 2.45) is 0 Å². The van der Waals surface area contributed by atoms with Gasteiger partial charge >= 0.3 is 0 Å². The molecule has 9 heteroatoms. The summed E-state index contributed by atoms with van der Waals surface area (Å²) in [7, 11) is 0. The second-order valence-electron chi connectivity index (χ2n) is 8.66. The fraction of sp³-hybridized carbons (Fsp3) is 0.240. The van der Waals surface area contributed by atoms with Gasteiger partial charge in [0.2, 0.25) is 5.78 Å². The summed E-state index contributed by atoms with van der Waals surface area (Å²) in [6.07, 6.45) is 1.53. The molecule has 0 saturated carbocycles. The van der Waals surface area contributed by atoms with Gasteiger partial charge in [-0.2, -0.15) is 5.10 Å².